The lowest BCUT2D eigenvalue weighted by Crippen LogP contribution is -2.30. The van der Waals surface area contributed by atoms with Crippen LogP contribution in [0.1, 0.15) is 40.5 Å². The van der Waals surface area contributed by atoms with Crippen LogP contribution in [0.3, 0.4) is 0 Å². The highest BCUT2D eigenvalue weighted by molar-refractivity contribution is 5.54. The minimum atomic E-state index is -0.678. The number of hydrogen-bond acceptors (Lipinski definition) is 7. The van der Waals surface area contributed by atoms with Crippen molar-refractivity contribution in [3.8, 4) is 46.8 Å². The van der Waals surface area contributed by atoms with Gasteiger partial charge in [-0.15, -0.1) is 6.42 Å². The van der Waals surface area contributed by atoms with Crippen LogP contribution in [0, 0.1) is 12.3 Å². The predicted octanol–water partition coefficient (Wildman–Crippen LogP) is 4.87. The molecule has 0 radical (unpaired) electrons. The van der Waals surface area contributed by atoms with Crippen LogP contribution in [-0.2, 0) is 0 Å². The summed E-state index contributed by atoms with van der Waals surface area (Å²) in [6.07, 6.45) is 7.25. The molecule has 0 atom stereocenters. The van der Waals surface area contributed by atoms with Crippen molar-refractivity contribution in [1.82, 2.24) is 4.90 Å². The lowest BCUT2D eigenvalue weighted by Gasteiger charge is -2.20. The highest BCUT2D eigenvalue weighted by atomic mass is 16.7. The maximum atomic E-state index is 5.98. The highest BCUT2D eigenvalue weighted by Gasteiger charge is 2.35. The van der Waals surface area contributed by atoms with Gasteiger partial charge in [0.2, 0.25) is 23.1 Å². The molecule has 2 aromatic rings. The summed E-state index contributed by atoms with van der Waals surface area (Å²) in [7, 11) is 0. The molecular formula is C27H33NO6. The largest absolute Gasteiger partial charge is 0.489 e. The SMILES string of the molecule is C#CCN(CCCOc1cccc2c1OC(C)(C)O2)CCCOc1cccc2c1OC(C)(C)O2. The maximum absolute atomic E-state index is 5.98. The first-order valence-electron chi connectivity index (χ1n) is 11.7. The molecule has 2 aliphatic heterocycles. The van der Waals surface area contributed by atoms with Crippen molar-refractivity contribution in [3.05, 3.63) is 36.4 Å². The van der Waals surface area contributed by atoms with Crippen LogP contribution in [0.5, 0.6) is 34.5 Å². The lowest BCUT2D eigenvalue weighted by atomic mass is 10.3. The van der Waals surface area contributed by atoms with Gasteiger partial charge in [0.25, 0.3) is 0 Å². The Morgan fingerprint density at radius 3 is 1.68 bits per heavy atom. The molecule has 2 heterocycles. The Balaban J connectivity index is 1.20. The predicted molar refractivity (Wildman–Crippen MR) is 129 cm³/mol. The van der Waals surface area contributed by atoms with E-state index in [4.69, 9.17) is 34.8 Å². The van der Waals surface area contributed by atoms with Crippen LogP contribution in [0.2, 0.25) is 0 Å². The van der Waals surface area contributed by atoms with Gasteiger partial charge >= 0.3 is 0 Å². The fourth-order valence-corrected chi connectivity index (χ4v) is 3.98. The van der Waals surface area contributed by atoms with Crippen LogP contribution in [-0.4, -0.2) is 49.3 Å². The van der Waals surface area contributed by atoms with Gasteiger partial charge in [-0.2, -0.15) is 0 Å². The van der Waals surface area contributed by atoms with Crippen molar-refractivity contribution in [2.45, 2.75) is 52.1 Å². The van der Waals surface area contributed by atoms with E-state index in [-0.39, 0.29) is 0 Å². The minimum Gasteiger partial charge on any atom is -0.489 e. The van der Waals surface area contributed by atoms with Crippen LogP contribution in [0.15, 0.2) is 36.4 Å². The van der Waals surface area contributed by atoms with Gasteiger partial charge < -0.3 is 28.4 Å². The highest BCUT2D eigenvalue weighted by Crippen LogP contribution is 2.46. The second kappa shape index (κ2) is 9.94. The van der Waals surface area contributed by atoms with Crippen molar-refractivity contribution < 1.29 is 28.4 Å². The monoisotopic (exact) mass is 467 g/mol. The summed E-state index contributed by atoms with van der Waals surface area (Å²) in [4.78, 5) is 2.23. The molecule has 182 valence electrons. The molecule has 0 amide bonds. The fraction of sp³-hybridized carbons (Fsp3) is 0.481. The molecule has 0 bridgehead atoms. The number of terminal acetylenes is 1. The summed E-state index contributed by atoms with van der Waals surface area (Å²) < 4.78 is 35.2. The molecule has 0 aromatic heterocycles. The lowest BCUT2D eigenvalue weighted by molar-refractivity contribution is -0.0446. The molecule has 0 aliphatic carbocycles. The first-order valence-corrected chi connectivity index (χ1v) is 11.7. The van der Waals surface area contributed by atoms with E-state index < -0.39 is 11.6 Å². The number of para-hydroxylation sites is 2. The van der Waals surface area contributed by atoms with Crippen molar-refractivity contribution in [1.29, 1.82) is 0 Å². The number of fused-ring (bicyclic) bond motifs is 2. The van der Waals surface area contributed by atoms with E-state index in [1.54, 1.807) is 0 Å². The van der Waals surface area contributed by atoms with Gasteiger partial charge in [0.05, 0.1) is 19.8 Å². The second-order valence-corrected chi connectivity index (χ2v) is 9.26. The van der Waals surface area contributed by atoms with E-state index >= 15 is 0 Å². The molecule has 0 N–H and O–H groups in total. The molecule has 34 heavy (non-hydrogen) atoms. The van der Waals surface area contributed by atoms with Crippen molar-refractivity contribution in [3.63, 3.8) is 0 Å². The van der Waals surface area contributed by atoms with Gasteiger partial charge in [0.15, 0.2) is 23.0 Å². The molecule has 2 aromatic carbocycles. The van der Waals surface area contributed by atoms with E-state index in [2.05, 4.69) is 10.8 Å². The number of nitrogens with zero attached hydrogens (tertiary/aromatic N) is 1. The number of benzene rings is 2. The zero-order valence-corrected chi connectivity index (χ0v) is 20.4. The van der Waals surface area contributed by atoms with Crippen LogP contribution >= 0.6 is 0 Å². The molecule has 7 heteroatoms. The van der Waals surface area contributed by atoms with Crippen molar-refractivity contribution in [2.75, 3.05) is 32.8 Å². The smallest absolute Gasteiger partial charge is 0.246 e. The summed E-state index contributed by atoms with van der Waals surface area (Å²) in [6, 6.07) is 11.4. The molecule has 2 aliphatic rings. The Morgan fingerprint density at radius 1 is 0.765 bits per heavy atom. The molecular weight excluding hydrogens is 434 g/mol. The van der Waals surface area contributed by atoms with Crippen molar-refractivity contribution >= 4 is 0 Å². The van der Waals surface area contributed by atoms with Crippen molar-refractivity contribution in [2.24, 2.45) is 0 Å². The Hall–Kier alpha value is -3.24. The Bertz CT molecular complexity index is 966. The number of hydrogen-bond donors (Lipinski definition) is 0. The standard InChI is InChI=1S/C27H33NO6/c1-6-15-28(16-9-18-29-20-11-7-13-22-24(20)33-26(2,3)31-22)17-10-19-30-21-12-8-14-23-25(21)34-27(4,5)32-23/h1,7-8,11-14H,9-10,15-19H2,2-5H3. The normalized spacial score (nSPS) is 16.4. The Kier molecular flexibility index (Phi) is 6.99. The average molecular weight is 468 g/mol. The van der Waals surface area contributed by atoms with Gasteiger partial charge in [-0.25, -0.2) is 0 Å². The zero-order valence-electron chi connectivity index (χ0n) is 20.4. The van der Waals surface area contributed by atoms with Gasteiger partial charge in [-0.3, -0.25) is 4.90 Å². The molecule has 0 spiro atoms. The Morgan fingerprint density at radius 2 is 1.24 bits per heavy atom. The van der Waals surface area contributed by atoms with Gasteiger partial charge in [0, 0.05) is 40.8 Å². The molecule has 4 rings (SSSR count). The fourth-order valence-electron chi connectivity index (χ4n) is 3.98. The first kappa shape index (κ1) is 23.9. The molecule has 0 saturated carbocycles. The van der Waals surface area contributed by atoms with E-state index in [1.807, 2.05) is 64.1 Å². The van der Waals surface area contributed by atoms with E-state index in [0.717, 1.165) is 25.9 Å². The topological polar surface area (TPSA) is 58.6 Å². The average Bonchev–Trinajstić information content (AvgIpc) is 3.27. The summed E-state index contributed by atoms with van der Waals surface area (Å²) >= 11 is 0. The van der Waals surface area contributed by atoms with Gasteiger partial charge in [-0.1, -0.05) is 18.1 Å². The third-order valence-corrected chi connectivity index (χ3v) is 5.36. The summed E-state index contributed by atoms with van der Waals surface area (Å²) in [5.41, 5.74) is 0. The van der Waals surface area contributed by atoms with Gasteiger partial charge in [-0.05, 0) is 37.1 Å². The molecule has 0 unspecified atom stereocenters. The van der Waals surface area contributed by atoms with Crippen LogP contribution in [0.4, 0.5) is 0 Å². The van der Waals surface area contributed by atoms with E-state index in [1.165, 1.54) is 0 Å². The second-order valence-electron chi connectivity index (χ2n) is 9.26. The molecule has 0 fully saturated rings. The number of ether oxygens (including phenoxy) is 6. The third kappa shape index (κ3) is 5.81. The summed E-state index contributed by atoms with van der Waals surface area (Å²) in [5, 5.41) is 0. The maximum Gasteiger partial charge on any atom is 0.246 e. The van der Waals surface area contributed by atoms with Gasteiger partial charge in [0.1, 0.15) is 0 Å². The quantitative estimate of drug-likeness (QED) is 0.345. The van der Waals surface area contributed by atoms with E-state index in [0.29, 0.717) is 54.3 Å². The minimum absolute atomic E-state index is 0.557. The molecule has 7 nitrogen and oxygen atoms in total. The summed E-state index contributed by atoms with van der Waals surface area (Å²) in [6.45, 7) is 10.9. The third-order valence-electron chi connectivity index (χ3n) is 5.36. The van der Waals surface area contributed by atoms with E-state index in [9.17, 15) is 0 Å². The number of rotatable bonds is 11. The summed E-state index contributed by atoms with van der Waals surface area (Å²) in [5.74, 6) is 5.53. The van der Waals surface area contributed by atoms with Crippen LogP contribution < -0.4 is 28.4 Å². The zero-order chi connectivity index (χ0) is 24.2. The Labute approximate surface area is 201 Å². The first-order chi connectivity index (χ1) is 16.3. The van der Waals surface area contributed by atoms with Crippen LogP contribution in [0.25, 0.3) is 0 Å². The molecule has 0 saturated heterocycles.